The first kappa shape index (κ1) is 14.3. The highest BCUT2D eigenvalue weighted by Gasteiger charge is 2.07. The van der Waals surface area contributed by atoms with Gasteiger partial charge in [0.25, 0.3) is 0 Å². The van der Waals surface area contributed by atoms with Crippen LogP contribution in [0.2, 0.25) is 0 Å². The maximum Gasteiger partial charge on any atom is 0.162 e. The molecule has 1 atom stereocenters. The van der Waals surface area contributed by atoms with Gasteiger partial charge in [0.2, 0.25) is 0 Å². The van der Waals surface area contributed by atoms with Crippen LogP contribution in [0.1, 0.15) is 44.0 Å². The average Bonchev–Trinajstić information content (AvgIpc) is 2.26. The van der Waals surface area contributed by atoms with Crippen molar-refractivity contribution in [2.24, 2.45) is 5.73 Å². The Morgan fingerprint density at radius 3 is 2.29 bits per heavy atom. The van der Waals surface area contributed by atoms with E-state index in [2.05, 4.69) is 13.8 Å². The van der Waals surface area contributed by atoms with Crippen LogP contribution in [-0.4, -0.2) is 17.1 Å². The molecule has 0 saturated heterocycles. The van der Waals surface area contributed by atoms with Crippen LogP contribution in [0.15, 0.2) is 29.2 Å². The molecule has 1 aromatic rings. The molecule has 0 bridgehead atoms. The Labute approximate surface area is 108 Å². The lowest BCUT2D eigenvalue weighted by Crippen LogP contribution is -2.16. The van der Waals surface area contributed by atoms with Crippen LogP contribution in [0, 0.1) is 0 Å². The SMILES string of the molecule is CC(N)CCC(=O)c1ccc(SC(C)C)cc1. The van der Waals surface area contributed by atoms with E-state index in [1.807, 2.05) is 31.2 Å². The zero-order valence-electron chi connectivity index (χ0n) is 10.8. The molecule has 3 heteroatoms. The molecule has 0 saturated carbocycles. The van der Waals surface area contributed by atoms with Crippen molar-refractivity contribution in [1.82, 2.24) is 0 Å². The molecular formula is C14H21NOS. The molecule has 2 nitrogen and oxygen atoms in total. The van der Waals surface area contributed by atoms with E-state index in [1.54, 1.807) is 11.8 Å². The van der Waals surface area contributed by atoms with Gasteiger partial charge in [-0.3, -0.25) is 4.79 Å². The predicted octanol–water partition coefficient (Wildman–Crippen LogP) is 3.50. The maximum absolute atomic E-state index is 11.8. The molecule has 1 rings (SSSR count). The molecule has 0 fully saturated rings. The van der Waals surface area contributed by atoms with Gasteiger partial charge in [-0.2, -0.15) is 0 Å². The first-order chi connectivity index (χ1) is 7.99. The van der Waals surface area contributed by atoms with Crippen molar-refractivity contribution in [2.45, 2.75) is 49.8 Å². The van der Waals surface area contributed by atoms with Gasteiger partial charge in [0, 0.05) is 28.2 Å². The third-order valence-electron chi connectivity index (χ3n) is 2.37. The minimum atomic E-state index is 0.0923. The van der Waals surface area contributed by atoms with E-state index < -0.39 is 0 Å². The summed E-state index contributed by atoms with van der Waals surface area (Å²) in [5.41, 5.74) is 6.43. The van der Waals surface area contributed by atoms with Crippen molar-refractivity contribution in [3.05, 3.63) is 29.8 Å². The number of hydrogen-bond donors (Lipinski definition) is 1. The molecule has 0 aliphatic heterocycles. The Morgan fingerprint density at radius 1 is 1.24 bits per heavy atom. The van der Waals surface area contributed by atoms with Gasteiger partial charge >= 0.3 is 0 Å². The average molecular weight is 251 g/mol. The quantitative estimate of drug-likeness (QED) is 0.621. The lowest BCUT2D eigenvalue weighted by molar-refractivity contribution is 0.0978. The highest BCUT2D eigenvalue weighted by atomic mass is 32.2. The summed E-state index contributed by atoms with van der Waals surface area (Å²) in [6, 6.07) is 7.95. The summed E-state index contributed by atoms with van der Waals surface area (Å²) in [6.45, 7) is 6.24. The first-order valence-corrected chi connectivity index (χ1v) is 6.92. The Kier molecular flexibility index (Phi) is 5.72. The number of rotatable bonds is 6. The van der Waals surface area contributed by atoms with E-state index in [0.29, 0.717) is 11.7 Å². The zero-order valence-corrected chi connectivity index (χ0v) is 11.6. The largest absolute Gasteiger partial charge is 0.328 e. The van der Waals surface area contributed by atoms with Crippen molar-refractivity contribution in [2.75, 3.05) is 0 Å². The number of thioether (sulfide) groups is 1. The van der Waals surface area contributed by atoms with Gasteiger partial charge in [-0.15, -0.1) is 11.8 Å². The van der Waals surface area contributed by atoms with E-state index in [1.165, 1.54) is 4.90 Å². The summed E-state index contributed by atoms with van der Waals surface area (Å²) in [5.74, 6) is 0.184. The zero-order chi connectivity index (χ0) is 12.8. The third kappa shape index (κ3) is 5.37. The molecule has 0 radical (unpaired) electrons. The van der Waals surface area contributed by atoms with Gasteiger partial charge in [-0.05, 0) is 25.5 Å². The van der Waals surface area contributed by atoms with Gasteiger partial charge in [-0.1, -0.05) is 26.0 Å². The van der Waals surface area contributed by atoms with Gasteiger partial charge in [-0.25, -0.2) is 0 Å². The number of nitrogens with two attached hydrogens (primary N) is 1. The number of ketones is 1. The molecule has 0 spiro atoms. The van der Waals surface area contributed by atoms with E-state index in [-0.39, 0.29) is 11.8 Å². The van der Waals surface area contributed by atoms with Crippen molar-refractivity contribution < 1.29 is 4.79 Å². The smallest absolute Gasteiger partial charge is 0.162 e. The van der Waals surface area contributed by atoms with Gasteiger partial charge in [0.1, 0.15) is 0 Å². The molecule has 0 aromatic heterocycles. The number of benzene rings is 1. The summed E-state index contributed by atoms with van der Waals surface area (Å²) < 4.78 is 0. The molecule has 0 heterocycles. The van der Waals surface area contributed by atoms with Gasteiger partial charge in [0.15, 0.2) is 5.78 Å². The summed E-state index contributed by atoms with van der Waals surface area (Å²) in [4.78, 5) is 13.0. The molecule has 1 aromatic carbocycles. The van der Waals surface area contributed by atoms with Crippen molar-refractivity contribution in [3.8, 4) is 0 Å². The minimum absolute atomic E-state index is 0.0923. The second-order valence-electron chi connectivity index (χ2n) is 4.63. The summed E-state index contributed by atoms with van der Waals surface area (Å²) >= 11 is 1.81. The molecule has 17 heavy (non-hydrogen) atoms. The van der Waals surface area contributed by atoms with Crippen molar-refractivity contribution in [1.29, 1.82) is 0 Å². The molecule has 0 aliphatic rings. The highest BCUT2D eigenvalue weighted by Crippen LogP contribution is 2.23. The van der Waals surface area contributed by atoms with Gasteiger partial charge in [0.05, 0.1) is 0 Å². The third-order valence-corrected chi connectivity index (χ3v) is 3.39. The topological polar surface area (TPSA) is 43.1 Å². The van der Waals surface area contributed by atoms with Crippen molar-refractivity contribution in [3.63, 3.8) is 0 Å². The molecule has 1 unspecified atom stereocenters. The van der Waals surface area contributed by atoms with Crippen LogP contribution in [0.5, 0.6) is 0 Å². The number of hydrogen-bond acceptors (Lipinski definition) is 3. The number of Topliss-reactive ketones (excluding diaryl/α,β-unsaturated/α-hetero) is 1. The second-order valence-corrected chi connectivity index (χ2v) is 6.28. The predicted molar refractivity (Wildman–Crippen MR) is 74.6 cm³/mol. The Bertz CT molecular complexity index is 357. The summed E-state index contributed by atoms with van der Waals surface area (Å²) in [5, 5.41) is 0.564. The van der Waals surface area contributed by atoms with Crippen molar-refractivity contribution >= 4 is 17.5 Å². The van der Waals surface area contributed by atoms with Crippen LogP contribution >= 0.6 is 11.8 Å². The lowest BCUT2D eigenvalue weighted by Gasteiger charge is -2.07. The summed E-state index contributed by atoms with van der Waals surface area (Å²) in [6.07, 6.45) is 1.29. The molecule has 2 N–H and O–H groups in total. The molecular weight excluding hydrogens is 230 g/mol. The fourth-order valence-electron chi connectivity index (χ4n) is 1.49. The fourth-order valence-corrected chi connectivity index (χ4v) is 2.33. The van der Waals surface area contributed by atoms with Crippen LogP contribution < -0.4 is 5.73 Å². The fraction of sp³-hybridized carbons (Fsp3) is 0.500. The van der Waals surface area contributed by atoms with Crippen LogP contribution in [0.25, 0.3) is 0 Å². The van der Waals surface area contributed by atoms with E-state index in [9.17, 15) is 4.79 Å². The highest BCUT2D eigenvalue weighted by molar-refractivity contribution is 7.99. The van der Waals surface area contributed by atoms with Crippen LogP contribution in [0.3, 0.4) is 0 Å². The monoisotopic (exact) mass is 251 g/mol. The van der Waals surface area contributed by atoms with Crippen LogP contribution in [0.4, 0.5) is 0 Å². The molecule has 94 valence electrons. The Balaban J connectivity index is 2.57. The Morgan fingerprint density at radius 2 is 1.82 bits per heavy atom. The maximum atomic E-state index is 11.8. The number of carbonyl (C=O) groups excluding carboxylic acids is 1. The molecule has 0 aliphatic carbocycles. The minimum Gasteiger partial charge on any atom is -0.328 e. The first-order valence-electron chi connectivity index (χ1n) is 6.04. The molecule has 0 amide bonds. The summed E-state index contributed by atoms with van der Waals surface area (Å²) in [7, 11) is 0. The van der Waals surface area contributed by atoms with Crippen LogP contribution in [-0.2, 0) is 0 Å². The lowest BCUT2D eigenvalue weighted by atomic mass is 10.0. The standard InChI is InChI=1S/C14H21NOS/c1-10(2)17-13-7-5-12(6-8-13)14(16)9-4-11(3)15/h5-8,10-11H,4,9,15H2,1-3H3. The normalized spacial score (nSPS) is 12.8. The number of carbonyl (C=O) groups is 1. The second kappa shape index (κ2) is 6.82. The van der Waals surface area contributed by atoms with E-state index in [0.717, 1.165) is 12.0 Å². The van der Waals surface area contributed by atoms with Gasteiger partial charge < -0.3 is 5.73 Å². The van der Waals surface area contributed by atoms with E-state index in [4.69, 9.17) is 5.73 Å². The Hall–Kier alpha value is -0.800. The van der Waals surface area contributed by atoms with E-state index >= 15 is 0 Å².